The van der Waals surface area contributed by atoms with Crippen LogP contribution in [0.2, 0.25) is 0 Å². The molecule has 1 amide bonds. The van der Waals surface area contributed by atoms with Crippen molar-refractivity contribution in [3.05, 3.63) is 35.8 Å². The van der Waals surface area contributed by atoms with Crippen LogP contribution in [-0.2, 0) is 11.2 Å². The van der Waals surface area contributed by atoms with Crippen molar-refractivity contribution in [1.29, 1.82) is 0 Å². The number of pyridine rings is 1. The Labute approximate surface area is 104 Å². The number of amides is 1. The standard InChI is InChI=1S/C12H14N4O2/c1-8-5-11(16-15-8)14-12(17)6-9-3-4-10(18-2)7-13-9/h3-5,7H,6H2,1-2H3,(H2,14,15,16,17). The van der Waals surface area contributed by atoms with Crippen LogP contribution in [0.15, 0.2) is 24.4 Å². The zero-order valence-corrected chi connectivity index (χ0v) is 10.2. The Morgan fingerprint density at radius 2 is 2.33 bits per heavy atom. The van der Waals surface area contributed by atoms with Gasteiger partial charge in [-0.05, 0) is 19.1 Å². The molecule has 6 nitrogen and oxygen atoms in total. The molecule has 0 saturated carbocycles. The number of ether oxygens (including phenoxy) is 1. The van der Waals surface area contributed by atoms with Crippen LogP contribution >= 0.6 is 0 Å². The molecule has 2 rings (SSSR count). The van der Waals surface area contributed by atoms with E-state index in [1.807, 2.05) is 6.92 Å². The predicted molar refractivity (Wildman–Crippen MR) is 66.4 cm³/mol. The largest absolute Gasteiger partial charge is 0.495 e. The molecular formula is C12H14N4O2. The molecule has 2 aromatic rings. The molecule has 0 aliphatic carbocycles. The van der Waals surface area contributed by atoms with Gasteiger partial charge in [-0.25, -0.2) is 0 Å². The van der Waals surface area contributed by atoms with Crippen LogP contribution < -0.4 is 10.1 Å². The first kappa shape index (κ1) is 12.1. The predicted octanol–water partition coefficient (Wildman–Crippen LogP) is 1.30. The minimum absolute atomic E-state index is 0.154. The molecule has 0 radical (unpaired) electrons. The molecule has 2 heterocycles. The van der Waals surface area contributed by atoms with Gasteiger partial charge in [-0.2, -0.15) is 5.10 Å². The normalized spacial score (nSPS) is 10.1. The second-order valence-corrected chi connectivity index (χ2v) is 3.85. The fraction of sp³-hybridized carbons (Fsp3) is 0.250. The number of H-pyrrole nitrogens is 1. The van der Waals surface area contributed by atoms with E-state index in [-0.39, 0.29) is 12.3 Å². The van der Waals surface area contributed by atoms with Crippen molar-refractivity contribution in [1.82, 2.24) is 15.2 Å². The van der Waals surface area contributed by atoms with Crippen molar-refractivity contribution in [2.45, 2.75) is 13.3 Å². The molecule has 2 aromatic heterocycles. The third-order valence-corrected chi connectivity index (χ3v) is 2.35. The van der Waals surface area contributed by atoms with E-state index in [4.69, 9.17) is 4.74 Å². The summed E-state index contributed by atoms with van der Waals surface area (Å²) in [5.74, 6) is 1.03. The summed E-state index contributed by atoms with van der Waals surface area (Å²) in [6.45, 7) is 1.87. The van der Waals surface area contributed by atoms with Crippen molar-refractivity contribution in [3.8, 4) is 5.75 Å². The highest BCUT2D eigenvalue weighted by molar-refractivity contribution is 5.91. The molecule has 0 fully saturated rings. The summed E-state index contributed by atoms with van der Waals surface area (Å²) in [4.78, 5) is 15.8. The van der Waals surface area contributed by atoms with E-state index in [0.717, 1.165) is 5.69 Å². The molecule has 0 aliphatic heterocycles. The number of aryl methyl sites for hydroxylation is 1. The highest BCUT2D eigenvalue weighted by Gasteiger charge is 2.07. The van der Waals surface area contributed by atoms with E-state index in [1.165, 1.54) is 0 Å². The quantitative estimate of drug-likeness (QED) is 0.852. The van der Waals surface area contributed by atoms with E-state index < -0.39 is 0 Å². The Kier molecular flexibility index (Phi) is 3.57. The summed E-state index contributed by atoms with van der Waals surface area (Å²) in [5, 5.41) is 9.37. The summed E-state index contributed by atoms with van der Waals surface area (Å²) in [6.07, 6.45) is 1.79. The molecule has 0 spiro atoms. The first-order valence-electron chi connectivity index (χ1n) is 5.48. The Hall–Kier alpha value is -2.37. The van der Waals surface area contributed by atoms with Crippen LogP contribution in [0.5, 0.6) is 5.75 Å². The topological polar surface area (TPSA) is 79.9 Å². The van der Waals surface area contributed by atoms with Gasteiger partial charge < -0.3 is 10.1 Å². The number of carbonyl (C=O) groups is 1. The summed E-state index contributed by atoms with van der Waals surface area (Å²) in [6, 6.07) is 5.29. The number of nitrogens with one attached hydrogen (secondary N) is 2. The number of hydrogen-bond donors (Lipinski definition) is 2. The van der Waals surface area contributed by atoms with Crippen molar-refractivity contribution < 1.29 is 9.53 Å². The number of hydrogen-bond acceptors (Lipinski definition) is 4. The van der Waals surface area contributed by atoms with Crippen LogP contribution in [-0.4, -0.2) is 28.2 Å². The van der Waals surface area contributed by atoms with Crippen molar-refractivity contribution >= 4 is 11.7 Å². The first-order chi connectivity index (χ1) is 8.67. The number of rotatable bonds is 4. The molecule has 0 aliphatic rings. The monoisotopic (exact) mass is 246 g/mol. The molecule has 6 heteroatoms. The lowest BCUT2D eigenvalue weighted by molar-refractivity contribution is -0.115. The van der Waals surface area contributed by atoms with Gasteiger partial charge in [-0.15, -0.1) is 0 Å². The Morgan fingerprint density at radius 3 is 2.89 bits per heavy atom. The zero-order valence-electron chi connectivity index (χ0n) is 10.2. The smallest absolute Gasteiger partial charge is 0.231 e. The molecule has 18 heavy (non-hydrogen) atoms. The Balaban J connectivity index is 1.94. The molecule has 0 atom stereocenters. The van der Waals surface area contributed by atoms with Crippen LogP contribution in [0.3, 0.4) is 0 Å². The summed E-state index contributed by atoms with van der Waals surface area (Å²) >= 11 is 0. The van der Waals surface area contributed by atoms with Crippen LogP contribution in [0.4, 0.5) is 5.82 Å². The number of anilines is 1. The van der Waals surface area contributed by atoms with E-state index in [9.17, 15) is 4.79 Å². The second kappa shape index (κ2) is 5.31. The van der Waals surface area contributed by atoms with Crippen LogP contribution in [0.25, 0.3) is 0 Å². The summed E-state index contributed by atoms with van der Waals surface area (Å²) in [7, 11) is 1.57. The molecule has 0 unspecified atom stereocenters. The number of methoxy groups -OCH3 is 1. The van der Waals surface area contributed by atoms with Crippen LogP contribution in [0, 0.1) is 6.92 Å². The van der Waals surface area contributed by atoms with E-state index in [0.29, 0.717) is 17.3 Å². The zero-order chi connectivity index (χ0) is 13.0. The number of nitrogens with zero attached hydrogens (tertiary/aromatic N) is 2. The number of carbonyl (C=O) groups excluding carboxylic acids is 1. The highest BCUT2D eigenvalue weighted by atomic mass is 16.5. The average Bonchev–Trinajstić information content (AvgIpc) is 2.75. The van der Waals surface area contributed by atoms with Gasteiger partial charge in [0.25, 0.3) is 0 Å². The third kappa shape index (κ3) is 3.07. The SMILES string of the molecule is COc1ccc(CC(=O)Nc2cc(C)[nH]n2)nc1. The minimum atomic E-state index is -0.154. The first-order valence-corrected chi connectivity index (χ1v) is 5.48. The van der Waals surface area contributed by atoms with E-state index >= 15 is 0 Å². The third-order valence-electron chi connectivity index (χ3n) is 2.35. The van der Waals surface area contributed by atoms with Crippen molar-refractivity contribution in [3.63, 3.8) is 0 Å². The van der Waals surface area contributed by atoms with Crippen LogP contribution in [0.1, 0.15) is 11.4 Å². The highest BCUT2D eigenvalue weighted by Crippen LogP contribution is 2.09. The molecule has 0 saturated heterocycles. The van der Waals surface area contributed by atoms with Gasteiger partial charge >= 0.3 is 0 Å². The average molecular weight is 246 g/mol. The lowest BCUT2D eigenvalue weighted by Gasteiger charge is -2.02. The maximum Gasteiger partial charge on any atom is 0.231 e. The van der Waals surface area contributed by atoms with Gasteiger partial charge in [-0.1, -0.05) is 0 Å². The molecule has 0 bridgehead atoms. The molecule has 94 valence electrons. The maximum absolute atomic E-state index is 11.7. The van der Waals surface area contributed by atoms with Gasteiger partial charge in [0.05, 0.1) is 19.7 Å². The lowest BCUT2D eigenvalue weighted by Crippen LogP contribution is -2.15. The van der Waals surface area contributed by atoms with Crippen molar-refractivity contribution in [2.24, 2.45) is 0 Å². The maximum atomic E-state index is 11.7. The second-order valence-electron chi connectivity index (χ2n) is 3.85. The van der Waals surface area contributed by atoms with Gasteiger partial charge in [0.2, 0.25) is 5.91 Å². The van der Waals surface area contributed by atoms with E-state index in [2.05, 4.69) is 20.5 Å². The molecule has 0 aromatic carbocycles. The minimum Gasteiger partial charge on any atom is -0.495 e. The van der Waals surface area contributed by atoms with Gasteiger partial charge in [-0.3, -0.25) is 14.9 Å². The van der Waals surface area contributed by atoms with E-state index in [1.54, 1.807) is 31.5 Å². The summed E-state index contributed by atoms with van der Waals surface area (Å²) in [5.41, 5.74) is 1.58. The molecular weight excluding hydrogens is 232 g/mol. The Morgan fingerprint density at radius 1 is 1.50 bits per heavy atom. The van der Waals surface area contributed by atoms with Gasteiger partial charge in [0.15, 0.2) is 5.82 Å². The Bertz CT molecular complexity index is 533. The molecule has 2 N–H and O–H groups in total. The lowest BCUT2D eigenvalue weighted by atomic mass is 10.2. The fourth-order valence-electron chi connectivity index (χ4n) is 1.47. The van der Waals surface area contributed by atoms with Gasteiger partial charge in [0, 0.05) is 17.5 Å². The van der Waals surface area contributed by atoms with Crippen molar-refractivity contribution in [2.75, 3.05) is 12.4 Å². The number of aromatic amines is 1. The number of aromatic nitrogens is 3. The summed E-state index contributed by atoms with van der Waals surface area (Å²) < 4.78 is 5.00. The van der Waals surface area contributed by atoms with Gasteiger partial charge in [0.1, 0.15) is 5.75 Å². The fourth-order valence-corrected chi connectivity index (χ4v) is 1.47.